The Morgan fingerprint density at radius 3 is 2.65 bits per heavy atom. The summed E-state index contributed by atoms with van der Waals surface area (Å²) in [7, 11) is 1.66. The van der Waals surface area contributed by atoms with E-state index in [1.807, 2.05) is 17.0 Å². The molecule has 26 heavy (non-hydrogen) atoms. The third-order valence-corrected chi connectivity index (χ3v) is 5.80. The van der Waals surface area contributed by atoms with Crippen molar-refractivity contribution in [2.75, 3.05) is 19.0 Å². The highest BCUT2D eigenvalue weighted by Crippen LogP contribution is 2.32. The number of nitrogens with one attached hydrogen (secondary N) is 1. The van der Waals surface area contributed by atoms with Crippen molar-refractivity contribution in [3.63, 3.8) is 0 Å². The average molecular weight is 375 g/mol. The fourth-order valence-corrected chi connectivity index (χ4v) is 3.94. The van der Waals surface area contributed by atoms with Gasteiger partial charge in [0.05, 0.1) is 13.2 Å². The number of urea groups is 1. The number of carbonyl (C=O) groups is 1. The lowest BCUT2D eigenvalue weighted by atomic mass is 10.0. The lowest BCUT2D eigenvalue weighted by Crippen LogP contribution is -2.38. The van der Waals surface area contributed by atoms with Crippen molar-refractivity contribution < 1.29 is 9.53 Å². The van der Waals surface area contributed by atoms with Crippen LogP contribution in [0.2, 0.25) is 0 Å². The summed E-state index contributed by atoms with van der Waals surface area (Å²) in [5.74, 6) is 1.14. The maximum absolute atomic E-state index is 12.9. The number of hydrogen-bond acceptors (Lipinski definition) is 5. The fraction of sp³-hybridized carbons (Fsp3) is 0.526. The zero-order valence-corrected chi connectivity index (χ0v) is 16.4. The number of ether oxygens (including phenoxy) is 1. The first kappa shape index (κ1) is 18.6. The molecule has 1 N–H and O–H groups in total. The highest BCUT2D eigenvalue weighted by atomic mass is 32.1. The molecule has 7 heteroatoms. The van der Waals surface area contributed by atoms with Crippen molar-refractivity contribution in [2.24, 2.45) is 0 Å². The number of carbonyl (C=O) groups excluding carboxylic acids is 1. The Hall–Kier alpha value is -2.15. The van der Waals surface area contributed by atoms with Gasteiger partial charge in [-0.3, -0.25) is 5.32 Å². The third-order valence-electron chi connectivity index (χ3n) is 4.66. The van der Waals surface area contributed by atoms with Crippen LogP contribution in [-0.2, 0) is 0 Å². The molecule has 0 radical (unpaired) electrons. The van der Waals surface area contributed by atoms with Crippen molar-refractivity contribution in [1.82, 2.24) is 15.1 Å². The normalized spacial score (nSPS) is 17.8. The van der Waals surface area contributed by atoms with E-state index in [0.29, 0.717) is 11.0 Å². The second-order valence-corrected chi connectivity index (χ2v) is 7.87. The van der Waals surface area contributed by atoms with Crippen LogP contribution in [0.1, 0.15) is 62.1 Å². The van der Waals surface area contributed by atoms with Crippen LogP contribution in [0.3, 0.4) is 0 Å². The molecule has 1 aromatic carbocycles. The lowest BCUT2D eigenvalue weighted by molar-refractivity contribution is 0.189. The van der Waals surface area contributed by atoms with Gasteiger partial charge in [-0.1, -0.05) is 50.2 Å². The molecule has 1 aliphatic rings. The predicted octanol–water partition coefficient (Wildman–Crippen LogP) is 4.82. The Morgan fingerprint density at radius 2 is 2.00 bits per heavy atom. The minimum absolute atomic E-state index is 0.0703. The number of nitrogens with zero attached hydrogens (tertiary/aromatic N) is 3. The summed E-state index contributed by atoms with van der Waals surface area (Å²) < 4.78 is 5.25. The summed E-state index contributed by atoms with van der Waals surface area (Å²) in [6.07, 6.45) is 4.25. The predicted molar refractivity (Wildman–Crippen MR) is 104 cm³/mol. The molecule has 2 amide bonds. The zero-order valence-electron chi connectivity index (χ0n) is 15.6. The topological polar surface area (TPSA) is 67.3 Å². The summed E-state index contributed by atoms with van der Waals surface area (Å²) in [4.78, 5) is 14.9. The van der Waals surface area contributed by atoms with E-state index in [4.69, 9.17) is 4.74 Å². The molecule has 1 aromatic heterocycles. The SMILES string of the molecule is COc1ccc([C@H]2CCCCCN2C(=O)Nc2nnc(C(C)C)s2)cc1. The highest BCUT2D eigenvalue weighted by molar-refractivity contribution is 7.15. The van der Waals surface area contributed by atoms with Crippen LogP contribution < -0.4 is 10.1 Å². The van der Waals surface area contributed by atoms with Crippen molar-refractivity contribution >= 4 is 22.5 Å². The van der Waals surface area contributed by atoms with Crippen LogP contribution >= 0.6 is 11.3 Å². The first-order valence-electron chi connectivity index (χ1n) is 9.13. The Bertz CT molecular complexity index is 729. The first-order valence-corrected chi connectivity index (χ1v) is 9.95. The average Bonchev–Trinajstić information content (AvgIpc) is 2.97. The van der Waals surface area contributed by atoms with Gasteiger partial charge in [0.15, 0.2) is 0 Å². The Labute approximate surface area is 158 Å². The second kappa shape index (κ2) is 8.49. The smallest absolute Gasteiger partial charge is 0.324 e. The van der Waals surface area contributed by atoms with Gasteiger partial charge in [0.25, 0.3) is 0 Å². The number of aromatic nitrogens is 2. The van der Waals surface area contributed by atoms with Crippen LogP contribution in [0.5, 0.6) is 5.75 Å². The molecule has 1 aliphatic heterocycles. The Kier molecular flexibility index (Phi) is 6.08. The summed E-state index contributed by atoms with van der Waals surface area (Å²) in [6.45, 7) is 4.89. The van der Waals surface area contributed by atoms with E-state index in [1.165, 1.54) is 11.3 Å². The highest BCUT2D eigenvalue weighted by Gasteiger charge is 2.27. The molecule has 0 spiro atoms. The molecule has 6 nitrogen and oxygen atoms in total. The summed E-state index contributed by atoms with van der Waals surface area (Å²) in [6, 6.07) is 7.99. The third kappa shape index (κ3) is 4.33. The lowest BCUT2D eigenvalue weighted by Gasteiger charge is -2.30. The molecule has 0 aliphatic carbocycles. The molecule has 0 saturated carbocycles. The van der Waals surface area contributed by atoms with Crippen LogP contribution in [0.25, 0.3) is 0 Å². The van der Waals surface area contributed by atoms with Crippen LogP contribution in [0, 0.1) is 0 Å². The minimum atomic E-state index is -0.0980. The van der Waals surface area contributed by atoms with Gasteiger partial charge in [-0.25, -0.2) is 4.79 Å². The molecular weight excluding hydrogens is 348 g/mol. The molecule has 3 rings (SSSR count). The number of amides is 2. The van der Waals surface area contributed by atoms with Crippen LogP contribution in [0.4, 0.5) is 9.93 Å². The Morgan fingerprint density at radius 1 is 1.23 bits per heavy atom. The number of anilines is 1. The molecular formula is C19H26N4O2S. The maximum atomic E-state index is 12.9. The van der Waals surface area contributed by atoms with Crippen molar-refractivity contribution in [2.45, 2.75) is 51.5 Å². The van der Waals surface area contributed by atoms with Crippen LogP contribution in [0.15, 0.2) is 24.3 Å². The van der Waals surface area contributed by atoms with E-state index in [-0.39, 0.29) is 12.1 Å². The van der Waals surface area contributed by atoms with E-state index < -0.39 is 0 Å². The van der Waals surface area contributed by atoms with E-state index in [1.54, 1.807) is 7.11 Å². The summed E-state index contributed by atoms with van der Waals surface area (Å²) >= 11 is 1.44. The minimum Gasteiger partial charge on any atom is -0.497 e. The molecule has 1 fully saturated rings. The summed E-state index contributed by atoms with van der Waals surface area (Å²) in [5, 5.41) is 12.7. The van der Waals surface area contributed by atoms with Gasteiger partial charge in [0, 0.05) is 12.5 Å². The molecule has 2 heterocycles. The number of likely N-dealkylation sites (tertiary alicyclic amines) is 1. The van der Waals surface area contributed by atoms with Gasteiger partial charge in [-0.2, -0.15) is 0 Å². The monoisotopic (exact) mass is 374 g/mol. The molecule has 2 aromatic rings. The largest absolute Gasteiger partial charge is 0.497 e. The molecule has 0 unspecified atom stereocenters. The molecule has 1 atom stereocenters. The van der Waals surface area contributed by atoms with Gasteiger partial charge in [-0.15, -0.1) is 10.2 Å². The molecule has 0 bridgehead atoms. The number of rotatable bonds is 4. The quantitative estimate of drug-likeness (QED) is 0.833. The summed E-state index contributed by atoms with van der Waals surface area (Å²) in [5.41, 5.74) is 1.14. The van der Waals surface area contributed by atoms with Crippen molar-refractivity contribution in [3.8, 4) is 5.75 Å². The number of methoxy groups -OCH3 is 1. The van der Waals surface area contributed by atoms with Gasteiger partial charge >= 0.3 is 6.03 Å². The number of hydrogen-bond donors (Lipinski definition) is 1. The standard InChI is InChI=1S/C19H26N4O2S/c1-13(2)17-21-22-18(26-17)20-19(24)23-12-6-4-5-7-16(23)14-8-10-15(25-3)11-9-14/h8-11,13,16H,4-7,12H2,1-3H3,(H,20,22,24)/t16-/m1/s1. The van der Waals surface area contributed by atoms with Crippen LogP contribution in [-0.4, -0.2) is 34.8 Å². The van der Waals surface area contributed by atoms with Gasteiger partial charge < -0.3 is 9.64 Å². The van der Waals surface area contributed by atoms with Gasteiger partial charge in [-0.05, 0) is 30.5 Å². The number of benzene rings is 1. The Balaban J connectivity index is 1.77. The van der Waals surface area contributed by atoms with E-state index in [9.17, 15) is 4.79 Å². The van der Waals surface area contributed by atoms with Crippen molar-refractivity contribution in [3.05, 3.63) is 34.8 Å². The van der Waals surface area contributed by atoms with E-state index >= 15 is 0 Å². The second-order valence-electron chi connectivity index (χ2n) is 6.86. The van der Waals surface area contributed by atoms with Gasteiger partial charge in [0.1, 0.15) is 10.8 Å². The molecule has 1 saturated heterocycles. The first-order chi connectivity index (χ1) is 12.6. The van der Waals surface area contributed by atoms with Crippen molar-refractivity contribution in [1.29, 1.82) is 0 Å². The molecule has 140 valence electrons. The van der Waals surface area contributed by atoms with Gasteiger partial charge in [0.2, 0.25) is 5.13 Å². The zero-order chi connectivity index (χ0) is 18.5. The van der Waals surface area contributed by atoms with E-state index in [2.05, 4.69) is 41.5 Å². The fourth-order valence-electron chi connectivity index (χ4n) is 3.21. The van der Waals surface area contributed by atoms with E-state index in [0.717, 1.165) is 48.5 Å². The maximum Gasteiger partial charge on any atom is 0.324 e.